The van der Waals surface area contributed by atoms with Crippen molar-refractivity contribution in [1.82, 2.24) is 4.98 Å². The molecule has 1 aliphatic carbocycles. The Kier molecular flexibility index (Phi) is 6.60. The Bertz CT molecular complexity index is 792. The van der Waals surface area contributed by atoms with Crippen molar-refractivity contribution in [1.29, 1.82) is 0 Å². The van der Waals surface area contributed by atoms with E-state index in [0.29, 0.717) is 23.0 Å². The number of rotatable bonds is 6. The molecule has 1 aliphatic rings. The summed E-state index contributed by atoms with van der Waals surface area (Å²) in [5.74, 6) is 0.649. The van der Waals surface area contributed by atoms with Crippen molar-refractivity contribution >= 4 is 23.4 Å². The minimum absolute atomic E-state index is 0.215. The highest BCUT2D eigenvalue weighted by Crippen LogP contribution is 2.27. The predicted octanol–water partition coefficient (Wildman–Crippen LogP) is 4.33. The average molecular weight is 359 g/mol. The number of hydrogen-bond acceptors (Lipinski definition) is 5. The second kappa shape index (κ2) is 8.89. The highest BCUT2D eigenvalue weighted by Gasteiger charge is 2.15. The zero-order valence-electron chi connectivity index (χ0n) is 14.1. The van der Waals surface area contributed by atoms with Gasteiger partial charge in [0.2, 0.25) is 0 Å². The summed E-state index contributed by atoms with van der Waals surface area (Å²) < 4.78 is 10.2. The highest BCUT2D eigenvalue weighted by atomic mass is 35.5. The summed E-state index contributed by atoms with van der Waals surface area (Å²) in [7, 11) is 2.91. The van der Waals surface area contributed by atoms with E-state index in [1.165, 1.54) is 7.11 Å². The Morgan fingerprint density at radius 3 is 2.84 bits per heavy atom. The van der Waals surface area contributed by atoms with E-state index in [1.807, 2.05) is 6.08 Å². The van der Waals surface area contributed by atoms with Crippen LogP contribution < -0.4 is 5.32 Å². The van der Waals surface area contributed by atoms with Crippen molar-refractivity contribution in [3.8, 4) is 0 Å². The number of allylic oxidation sites excluding steroid dienone is 6. The van der Waals surface area contributed by atoms with E-state index in [2.05, 4.69) is 16.9 Å². The van der Waals surface area contributed by atoms with Crippen LogP contribution in [0.4, 0.5) is 5.82 Å². The van der Waals surface area contributed by atoms with E-state index in [9.17, 15) is 4.79 Å². The number of aromatic nitrogens is 1. The van der Waals surface area contributed by atoms with Gasteiger partial charge >= 0.3 is 5.97 Å². The fourth-order valence-corrected chi connectivity index (χ4v) is 2.36. The number of esters is 1. The molecule has 0 radical (unpaired) electrons. The molecule has 1 aromatic rings. The van der Waals surface area contributed by atoms with E-state index < -0.39 is 5.97 Å². The number of carbonyl (C=O) groups excluding carboxylic acids is 1. The molecule has 0 saturated heterocycles. The predicted molar refractivity (Wildman–Crippen MR) is 99.2 cm³/mol. The minimum atomic E-state index is -0.500. The smallest absolute Gasteiger partial charge is 0.356 e. The van der Waals surface area contributed by atoms with Gasteiger partial charge in [-0.15, -0.1) is 0 Å². The van der Waals surface area contributed by atoms with Crippen LogP contribution in [0.5, 0.6) is 0 Å². The van der Waals surface area contributed by atoms with Gasteiger partial charge in [-0.05, 0) is 30.4 Å². The molecule has 0 aliphatic heterocycles. The van der Waals surface area contributed by atoms with Crippen molar-refractivity contribution in [3.63, 3.8) is 0 Å². The van der Waals surface area contributed by atoms with Crippen LogP contribution >= 0.6 is 11.6 Å². The lowest BCUT2D eigenvalue weighted by atomic mass is 10.1. The molecule has 0 amide bonds. The lowest BCUT2D eigenvalue weighted by Crippen LogP contribution is -2.10. The molecule has 0 bridgehead atoms. The van der Waals surface area contributed by atoms with E-state index in [4.69, 9.17) is 21.1 Å². The third-order valence-corrected chi connectivity index (χ3v) is 3.66. The Balaban J connectivity index is 2.35. The molecule has 1 aromatic heterocycles. The number of hydrogen-bond donors (Lipinski definition) is 1. The summed E-state index contributed by atoms with van der Waals surface area (Å²) in [6.45, 7) is 3.75. The van der Waals surface area contributed by atoms with Gasteiger partial charge in [-0.2, -0.15) is 0 Å². The molecule has 5 nitrogen and oxygen atoms in total. The molecule has 0 atom stereocenters. The maximum Gasteiger partial charge on any atom is 0.356 e. The lowest BCUT2D eigenvalue weighted by molar-refractivity contribution is 0.0594. The lowest BCUT2D eigenvalue weighted by Gasteiger charge is -2.16. The van der Waals surface area contributed by atoms with Gasteiger partial charge in [-0.3, -0.25) is 0 Å². The highest BCUT2D eigenvalue weighted by molar-refractivity contribution is 6.29. The number of carbonyl (C=O) groups is 1. The van der Waals surface area contributed by atoms with E-state index in [0.717, 1.165) is 11.3 Å². The topological polar surface area (TPSA) is 60.5 Å². The molecule has 130 valence electrons. The summed E-state index contributed by atoms with van der Waals surface area (Å²) in [6.07, 6.45) is 9.58. The first-order valence-electron chi connectivity index (χ1n) is 7.55. The normalized spacial score (nSPS) is 14.5. The first kappa shape index (κ1) is 18.5. The van der Waals surface area contributed by atoms with Gasteiger partial charge in [0.15, 0.2) is 5.69 Å². The number of ether oxygens (including phenoxy) is 2. The summed E-state index contributed by atoms with van der Waals surface area (Å²) in [4.78, 5) is 15.9. The molecular weight excluding hydrogens is 340 g/mol. The molecule has 0 fully saturated rings. The van der Waals surface area contributed by atoms with E-state index >= 15 is 0 Å². The second-order valence-electron chi connectivity index (χ2n) is 5.01. The van der Waals surface area contributed by atoms with E-state index in [-0.39, 0.29) is 5.69 Å². The minimum Gasteiger partial charge on any atom is -0.496 e. The van der Waals surface area contributed by atoms with Crippen LogP contribution in [0.25, 0.3) is 0 Å². The first-order valence-corrected chi connectivity index (χ1v) is 7.93. The van der Waals surface area contributed by atoms with Crippen LogP contribution in [0.1, 0.15) is 16.9 Å². The number of methoxy groups -OCH3 is 2. The number of anilines is 1. The monoisotopic (exact) mass is 358 g/mol. The van der Waals surface area contributed by atoms with Crippen LogP contribution in [0, 0.1) is 0 Å². The SMILES string of the molecule is C=C/C=C(\Nc1cccc(C(=O)OC)n1)C1=CCC(Cl)=CC=C1OC. The Labute approximate surface area is 152 Å². The van der Waals surface area contributed by atoms with Crippen LogP contribution in [0.3, 0.4) is 0 Å². The number of halogens is 1. The molecule has 0 saturated carbocycles. The van der Waals surface area contributed by atoms with Gasteiger partial charge in [0, 0.05) is 17.0 Å². The molecule has 2 rings (SSSR count). The molecule has 0 spiro atoms. The third kappa shape index (κ3) is 4.84. The van der Waals surface area contributed by atoms with Crippen molar-refractivity contribution in [3.05, 3.63) is 82.9 Å². The maximum absolute atomic E-state index is 11.7. The van der Waals surface area contributed by atoms with Gasteiger partial charge in [0.25, 0.3) is 0 Å². The molecular formula is C19H19ClN2O3. The Hall–Kier alpha value is -2.79. The van der Waals surface area contributed by atoms with Gasteiger partial charge in [0.1, 0.15) is 11.6 Å². The first-order chi connectivity index (χ1) is 12.1. The second-order valence-corrected chi connectivity index (χ2v) is 5.50. The molecule has 1 N–H and O–H groups in total. The Morgan fingerprint density at radius 1 is 1.36 bits per heavy atom. The van der Waals surface area contributed by atoms with Crippen LogP contribution in [-0.2, 0) is 9.47 Å². The molecule has 6 heteroatoms. The summed E-state index contributed by atoms with van der Waals surface area (Å²) in [6, 6.07) is 5.06. The standard InChI is InChI=1S/C19H19ClN2O3/c1-4-6-15(14-11-9-13(20)10-12-17(14)24-2)21-18-8-5-7-16(22-18)19(23)25-3/h4-8,10-12H,1,9H2,2-3H3,(H,21,22)/b15-6-. The summed E-state index contributed by atoms with van der Waals surface area (Å²) >= 11 is 6.11. The summed E-state index contributed by atoms with van der Waals surface area (Å²) in [5.41, 5.74) is 1.75. The van der Waals surface area contributed by atoms with Crippen LogP contribution in [0.2, 0.25) is 0 Å². The fourth-order valence-electron chi connectivity index (χ4n) is 2.22. The fraction of sp³-hybridized carbons (Fsp3) is 0.158. The van der Waals surface area contributed by atoms with Crippen molar-refractivity contribution in [2.24, 2.45) is 0 Å². The molecule has 25 heavy (non-hydrogen) atoms. The van der Waals surface area contributed by atoms with Crippen LogP contribution in [-0.4, -0.2) is 25.2 Å². The van der Waals surface area contributed by atoms with Gasteiger partial charge in [-0.25, -0.2) is 9.78 Å². The molecule has 0 aromatic carbocycles. The van der Waals surface area contributed by atoms with Gasteiger partial charge in [0.05, 0.1) is 19.9 Å². The number of pyridine rings is 1. The molecule has 1 heterocycles. The van der Waals surface area contributed by atoms with Crippen molar-refractivity contribution < 1.29 is 14.3 Å². The average Bonchev–Trinajstić information content (AvgIpc) is 2.82. The quantitative estimate of drug-likeness (QED) is 0.605. The van der Waals surface area contributed by atoms with Crippen molar-refractivity contribution in [2.45, 2.75) is 6.42 Å². The van der Waals surface area contributed by atoms with Gasteiger partial charge < -0.3 is 14.8 Å². The van der Waals surface area contributed by atoms with Crippen molar-refractivity contribution in [2.75, 3.05) is 19.5 Å². The largest absolute Gasteiger partial charge is 0.496 e. The van der Waals surface area contributed by atoms with E-state index in [1.54, 1.807) is 49.6 Å². The maximum atomic E-state index is 11.7. The van der Waals surface area contributed by atoms with Gasteiger partial charge in [-0.1, -0.05) is 36.4 Å². The van der Waals surface area contributed by atoms with Crippen LogP contribution in [0.15, 0.2) is 77.2 Å². The number of nitrogens with one attached hydrogen (secondary N) is 1. The zero-order valence-corrected chi connectivity index (χ0v) is 14.8. The third-order valence-electron chi connectivity index (χ3n) is 3.38. The zero-order chi connectivity index (χ0) is 18.2. The summed E-state index contributed by atoms with van der Waals surface area (Å²) in [5, 5.41) is 3.89. The molecule has 0 unspecified atom stereocenters. The Morgan fingerprint density at radius 2 is 2.16 bits per heavy atom. The number of nitrogens with zero attached hydrogens (tertiary/aromatic N) is 1.